The van der Waals surface area contributed by atoms with Gasteiger partial charge >= 0.3 is 0 Å². The predicted octanol–water partition coefficient (Wildman–Crippen LogP) is 2.13. The average Bonchev–Trinajstić information content (AvgIpc) is 3.35. The van der Waals surface area contributed by atoms with E-state index in [1.165, 1.54) is 0 Å². The van der Waals surface area contributed by atoms with Gasteiger partial charge < -0.3 is 5.23 Å². The summed E-state index contributed by atoms with van der Waals surface area (Å²) in [6, 6.07) is 10.6. The minimum Gasteiger partial charge on any atom is -0.364 e. The van der Waals surface area contributed by atoms with Crippen LogP contribution in [0.25, 0.3) is 22.2 Å². The molecule has 1 saturated carbocycles. The molecule has 0 bridgehead atoms. The van der Waals surface area contributed by atoms with Gasteiger partial charge in [0.15, 0.2) is 13.6 Å². The minimum atomic E-state index is 0.349. The average molecular weight is 355 g/mol. The van der Waals surface area contributed by atoms with Crippen molar-refractivity contribution in [1.82, 2.24) is 35.2 Å². The molecule has 3 aromatic heterocycles. The zero-order chi connectivity index (χ0) is 18.2. The molecule has 1 aliphatic carbocycles. The van der Waals surface area contributed by atoms with Crippen LogP contribution in [0.15, 0.2) is 42.7 Å². The van der Waals surface area contributed by atoms with Crippen molar-refractivity contribution in [3.05, 3.63) is 54.0 Å². The van der Waals surface area contributed by atoms with Crippen molar-refractivity contribution in [3.63, 3.8) is 0 Å². The van der Waals surface area contributed by atoms with Crippen LogP contribution in [0.2, 0.25) is 0 Å². The van der Waals surface area contributed by atoms with E-state index in [-0.39, 0.29) is 0 Å². The third kappa shape index (κ3) is 3.06. The van der Waals surface area contributed by atoms with Crippen molar-refractivity contribution in [3.8, 4) is 0 Å². The SMILES string of the molecule is [B]N[C@@H]1CCC(c2cnc3nnn(Cc4ccc5ncccc5c4)c3n2)C1. The highest BCUT2D eigenvalue weighted by molar-refractivity contribution is 6.04. The fourth-order valence-corrected chi connectivity index (χ4v) is 3.87. The highest BCUT2D eigenvalue weighted by Crippen LogP contribution is 2.33. The fraction of sp³-hybridized carbons (Fsp3) is 0.316. The quantitative estimate of drug-likeness (QED) is 0.565. The number of rotatable bonds is 4. The molecule has 4 aromatic rings. The number of nitrogens with one attached hydrogen (secondary N) is 1. The molecule has 3 heterocycles. The molecule has 27 heavy (non-hydrogen) atoms. The van der Waals surface area contributed by atoms with Crippen molar-refractivity contribution in [1.29, 1.82) is 0 Å². The molecule has 1 fully saturated rings. The Labute approximate surface area is 157 Å². The Morgan fingerprint density at radius 2 is 2.15 bits per heavy atom. The summed E-state index contributed by atoms with van der Waals surface area (Å²) < 4.78 is 1.82. The normalized spacial score (nSPS) is 19.9. The molecular weight excluding hydrogens is 337 g/mol. The summed E-state index contributed by atoms with van der Waals surface area (Å²) in [7, 11) is 5.58. The van der Waals surface area contributed by atoms with Crippen LogP contribution in [-0.4, -0.2) is 44.0 Å². The predicted molar refractivity (Wildman–Crippen MR) is 103 cm³/mol. The lowest BCUT2D eigenvalue weighted by Crippen LogP contribution is -2.22. The summed E-state index contributed by atoms with van der Waals surface area (Å²) in [5.74, 6) is 0.373. The van der Waals surface area contributed by atoms with Crippen LogP contribution >= 0.6 is 0 Å². The minimum absolute atomic E-state index is 0.349. The van der Waals surface area contributed by atoms with Gasteiger partial charge in [0.2, 0.25) is 5.65 Å². The number of fused-ring (bicyclic) bond motifs is 2. The molecule has 1 unspecified atom stereocenters. The molecule has 2 atom stereocenters. The van der Waals surface area contributed by atoms with Gasteiger partial charge in [-0.2, -0.15) is 0 Å². The van der Waals surface area contributed by atoms with Gasteiger partial charge in [0.25, 0.3) is 0 Å². The lowest BCUT2D eigenvalue weighted by atomic mass is 10.0. The topological polar surface area (TPSA) is 81.4 Å². The number of pyridine rings is 1. The third-order valence-electron chi connectivity index (χ3n) is 5.33. The molecule has 1 aromatic carbocycles. The van der Waals surface area contributed by atoms with Crippen LogP contribution < -0.4 is 5.23 Å². The van der Waals surface area contributed by atoms with Gasteiger partial charge in [-0.3, -0.25) is 4.98 Å². The largest absolute Gasteiger partial charge is 0.364 e. The Hall–Kier alpha value is -2.87. The smallest absolute Gasteiger partial charge is 0.221 e. The Morgan fingerprint density at radius 3 is 3.04 bits per heavy atom. The number of nitrogens with zero attached hydrogens (tertiary/aromatic N) is 6. The Balaban J connectivity index is 1.46. The van der Waals surface area contributed by atoms with Crippen molar-refractivity contribution >= 4 is 30.2 Å². The van der Waals surface area contributed by atoms with Crippen LogP contribution in [0.5, 0.6) is 0 Å². The summed E-state index contributed by atoms with van der Waals surface area (Å²) in [6.07, 6.45) is 6.73. The molecule has 8 heteroatoms. The van der Waals surface area contributed by atoms with E-state index < -0.39 is 0 Å². The van der Waals surface area contributed by atoms with Gasteiger partial charge in [0.1, 0.15) is 0 Å². The summed E-state index contributed by atoms with van der Waals surface area (Å²) in [4.78, 5) is 13.7. The molecule has 0 saturated heterocycles. The van der Waals surface area contributed by atoms with E-state index in [1.54, 1.807) is 6.20 Å². The molecule has 5 rings (SSSR count). The van der Waals surface area contributed by atoms with E-state index >= 15 is 0 Å². The van der Waals surface area contributed by atoms with Gasteiger partial charge in [-0.25, -0.2) is 14.6 Å². The molecule has 132 valence electrons. The number of aromatic nitrogens is 6. The number of hydrogen-bond donors (Lipinski definition) is 1. The molecule has 0 spiro atoms. The number of hydrogen-bond acceptors (Lipinski definition) is 6. The summed E-state index contributed by atoms with van der Waals surface area (Å²) in [5, 5.41) is 12.4. The highest BCUT2D eigenvalue weighted by atomic mass is 15.4. The standard InChI is InChI=1S/C19H18BN7/c20-24-15-5-4-14(9-15)17-10-22-18-19(23-17)27(26-25-18)11-12-3-6-16-13(8-12)2-1-7-21-16/h1-3,6-8,10,14-15,24H,4-5,9,11H2/t14?,15-/m1/s1. The van der Waals surface area contributed by atoms with Gasteiger partial charge in [0, 0.05) is 17.5 Å². The van der Waals surface area contributed by atoms with E-state index in [0.29, 0.717) is 24.2 Å². The number of benzene rings is 1. The molecule has 7 nitrogen and oxygen atoms in total. The zero-order valence-electron chi connectivity index (χ0n) is 14.8. The van der Waals surface area contributed by atoms with E-state index in [2.05, 4.69) is 43.7 Å². The zero-order valence-corrected chi connectivity index (χ0v) is 14.8. The maximum Gasteiger partial charge on any atom is 0.221 e. The maximum absolute atomic E-state index is 5.58. The second-order valence-electron chi connectivity index (χ2n) is 7.09. The van der Waals surface area contributed by atoms with Gasteiger partial charge in [-0.1, -0.05) is 17.3 Å². The summed E-state index contributed by atoms with van der Waals surface area (Å²) in [5.41, 5.74) is 4.40. The van der Waals surface area contributed by atoms with Crippen LogP contribution in [0.3, 0.4) is 0 Å². The summed E-state index contributed by atoms with van der Waals surface area (Å²) in [6.45, 7) is 0.594. The molecule has 1 aliphatic rings. The first-order chi connectivity index (χ1) is 13.3. The Bertz CT molecular complexity index is 1110. The first kappa shape index (κ1) is 16.3. The van der Waals surface area contributed by atoms with Crippen LogP contribution in [0.1, 0.15) is 36.4 Å². The fourth-order valence-electron chi connectivity index (χ4n) is 3.87. The van der Waals surface area contributed by atoms with Crippen LogP contribution in [-0.2, 0) is 6.54 Å². The summed E-state index contributed by atoms with van der Waals surface area (Å²) >= 11 is 0. The Morgan fingerprint density at radius 1 is 1.19 bits per heavy atom. The first-order valence-electron chi connectivity index (χ1n) is 9.16. The monoisotopic (exact) mass is 355 g/mol. The Kier molecular flexibility index (Phi) is 4.05. The van der Waals surface area contributed by atoms with E-state index in [0.717, 1.165) is 47.1 Å². The second-order valence-corrected chi connectivity index (χ2v) is 7.09. The molecule has 1 N–H and O–H groups in total. The maximum atomic E-state index is 5.58. The van der Waals surface area contributed by atoms with Gasteiger partial charge in [-0.15, -0.1) is 5.10 Å². The van der Waals surface area contributed by atoms with E-state index in [9.17, 15) is 0 Å². The third-order valence-corrected chi connectivity index (χ3v) is 5.33. The van der Waals surface area contributed by atoms with Gasteiger partial charge in [0.05, 0.1) is 24.0 Å². The lowest BCUT2D eigenvalue weighted by molar-refractivity contribution is 0.623. The van der Waals surface area contributed by atoms with Gasteiger partial charge in [-0.05, 0) is 49.1 Å². The van der Waals surface area contributed by atoms with Crippen molar-refractivity contribution < 1.29 is 0 Å². The van der Waals surface area contributed by atoms with Crippen molar-refractivity contribution in [2.45, 2.75) is 37.8 Å². The molecule has 0 amide bonds. The first-order valence-corrected chi connectivity index (χ1v) is 9.16. The van der Waals surface area contributed by atoms with Crippen LogP contribution in [0, 0.1) is 0 Å². The van der Waals surface area contributed by atoms with Crippen LogP contribution in [0.4, 0.5) is 0 Å². The lowest BCUT2D eigenvalue weighted by Gasteiger charge is -2.10. The van der Waals surface area contributed by atoms with Crippen molar-refractivity contribution in [2.24, 2.45) is 0 Å². The molecular formula is C19H18BN7. The molecule has 2 radical (unpaired) electrons. The molecule has 0 aliphatic heterocycles. The van der Waals surface area contributed by atoms with Crippen molar-refractivity contribution in [2.75, 3.05) is 0 Å². The van der Waals surface area contributed by atoms with E-state index in [1.807, 2.05) is 23.0 Å². The van der Waals surface area contributed by atoms with E-state index in [4.69, 9.17) is 13.0 Å². The second kappa shape index (κ2) is 6.70. The highest BCUT2D eigenvalue weighted by Gasteiger charge is 2.26.